The summed E-state index contributed by atoms with van der Waals surface area (Å²) >= 11 is 0. The maximum atomic E-state index is 7.26. The molecule has 0 atom stereocenters. The van der Waals surface area contributed by atoms with Crippen LogP contribution >= 0.6 is 0 Å². The SMILES string of the molecule is N.N#CC#N.[NaH]. The Hall–Kier alpha value is -0.0600. The molecular weight excluding hydrogens is 89.0 g/mol. The van der Waals surface area contributed by atoms with Gasteiger partial charge in [-0.3, -0.25) is 0 Å². The predicted octanol–water partition coefficient (Wildman–Crippen LogP) is -0.453. The molecule has 0 aliphatic carbocycles. The van der Waals surface area contributed by atoms with Crippen LogP contribution in [-0.2, 0) is 0 Å². The van der Waals surface area contributed by atoms with Gasteiger partial charge in [0, 0.05) is 0 Å². The molecule has 0 saturated heterocycles. The van der Waals surface area contributed by atoms with Crippen molar-refractivity contribution in [3.63, 3.8) is 0 Å². The zero-order valence-electron chi connectivity index (χ0n) is 2.60. The molecule has 3 nitrogen and oxygen atoms in total. The molecule has 0 radical (unpaired) electrons. The van der Waals surface area contributed by atoms with Gasteiger partial charge in [0.1, 0.15) is 0 Å². The van der Waals surface area contributed by atoms with Gasteiger partial charge in [-0.25, -0.2) is 0 Å². The topological polar surface area (TPSA) is 82.6 Å². The van der Waals surface area contributed by atoms with E-state index in [0.29, 0.717) is 0 Å². The normalized spacial score (nSPS) is 1.67. The fourth-order valence-corrected chi connectivity index (χ4v) is 0. The first-order valence-corrected chi connectivity index (χ1v) is 0.697. The van der Waals surface area contributed by atoms with Gasteiger partial charge in [-0.2, -0.15) is 10.5 Å². The molecule has 0 rings (SSSR count). The second-order valence-electron chi connectivity index (χ2n) is 0.224. The van der Waals surface area contributed by atoms with E-state index in [4.69, 9.17) is 10.5 Å². The Balaban J connectivity index is -0.0000000450. The van der Waals surface area contributed by atoms with E-state index in [0.717, 1.165) is 0 Å². The second-order valence-corrected chi connectivity index (χ2v) is 0.224. The second kappa shape index (κ2) is 20.4. The molecule has 4 heteroatoms. The monoisotopic (exact) mass is 93.0 g/mol. The molecule has 0 aromatic carbocycles. The van der Waals surface area contributed by atoms with Crippen molar-refractivity contribution in [1.82, 2.24) is 6.15 Å². The fourth-order valence-electron chi connectivity index (χ4n) is 0. The Labute approximate surface area is 58.4 Å². The van der Waals surface area contributed by atoms with E-state index in [2.05, 4.69) is 0 Å². The molecular formula is C2H4N3Na. The quantitative estimate of drug-likeness (QED) is 0.411. The first-order chi connectivity index (χ1) is 1.91. The van der Waals surface area contributed by atoms with Crippen molar-refractivity contribution in [3.8, 4) is 12.1 Å². The van der Waals surface area contributed by atoms with E-state index < -0.39 is 0 Å². The third-order valence-corrected chi connectivity index (χ3v) is 0.0500. The van der Waals surface area contributed by atoms with Gasteiger partial charge in [0.25, 0.3) is 0 Å². The van der Waals surface area contributed by atoms with E-state index in [1.165, 1.54) is 12.1 Å². The van der Waals surface area contributed by atoms with Gasteiger partial charge in [0.05, 0.1) is 0 Å². The summed E-state index contributed by atoms with van der Waals surface area (Å²) in [5.74, 6) is 0. The number of nitriles is 2. The van der Waals surface area contributed by atoms with Crippen LogP contribution in [0.2, 0.25) is 0 Å². The molecule has 0 spiro atoms. The summed E-state index contributed by atoms with van der Waals surface area (Å²) in [6, 6.07) is 2.47. The van der Waals surface area contributed by atoms with Gasteiger partial charge in [-0.15, -0.1) is 0 Å². The van der Waals surface area contributed by atoms with Crippen LogP contribution in [0.1, 0.15) is 0 Å². The molecule has 0 unspecified atom stereocenters. The summed E-state index contributed by atoms with van der Waals surface area (Å²) in [7, 11) is 0. The molecule has 0 amide bonds. The van der Waals surface area contributed by atoms with Crippen molar-refractivity contribution in [2.45, 2.75) is 0 Å². The summed E-state index contributed by atoms with van der Waals surface area (Å²) in [6.07, 6.45) is 0. The Bertz CT molecular complexity index is 63.8. The molecule has 0 saturated carbocycles. The first kappa shape index (κ1) is 16.8. The van der Waals surface area contributed by atoms with Crippen molar-refractivity contribution < 1.29 is 0 Å². The molecule has 28 valence electrons. The van der Waals surface area contributed by atoms with Crippen LogP contribution in [-0.4, -0.2) is 29.6 Å². The molecule has 0 aromatic rings. The van der Waals surface area contributed by atoms with E-state index >= 15 is 0 Å². The number of hydrogen-bond acceptors (Lipinski definition) is 3. The molecule has 0 aromatic heterocycles. The predicted molar refractivity (Wildman–Crippen MR) is 23.4 cm³/mol. The average molecular weight is 93.1 g/mol. The van der Waals surface area contributed by atoms with Gasteiger partial charge in [0.15, 0.2) is 12.1 Å². The molecule has 0 fully saturated rings. The average Bonchev–Trinajstić information content (AvgIpc) is 1.37. The minimum atomic E-state index is 0. The van der Waals surface area contributed by atoms with E-state index in [1.807, 2.05) is 0 Å². The fraction of sp³-hybridized carbons (Fsp3) is 0. The molecule has 0 heterocycles. The van der Waals surface area contributed by atoms with Gasteiger partial charge < -0.3 is 6.15 Å². The van der Waals surface area contributed by atoms with Crippen molar-refractivity contribution >= 4 is 29.6 Å². The number of nitrogens with zero attached hydrogens (tertiary/aromatic N) is 2. The van der Waals surface area contributed by atoms with Crippen molar-refractivity contribution in [3.05, 3.63) is 0 Å². The Morgan fingerprint density at radius 3 is 1.17 bits per heavy atom. The third kappa shape index (κ3) is 38.5. The Kier molecular flexibility index (Phi) is 57.0. The van der Waals surface area contributed by atoms with Gasteiger partial charge in [-0.1, -0.05) is 0 Å². The van der Waals surface area contributed by atoms with Crippen molar-refractivity contribution in [2.75, 3.05) is 0 Å². The van der Waals surface area contributed by atoms with Crippen LogP contribution in [0.5, 0.6) is 0 Å². The molecule has 6 heavy (non-hydrogen) atoms. The van der Waals surface area contributed by atoms with Crippen molar-refractivity contribution in [1.29, 1.82) is 10.5 Å². The van der Waals surface area contributed by atoms with Crippen LogP contribution in [0.4, 0.5) is 0 Å². The summed E-state index contributed by atoms with van der Waals surface area (Å²) in [5, 5.41) is 14.5. The molecule has 0 aliphatic rings. The number of rotatable bonds is 0. The van der Waals surface area contributed by atoms with Crippen LogP contribution in [0.15, 0.2) is 0 Å². The van der Waals surface area contributed by atoms with Crippen LogP contribution in [0.25, 0.3) is 0 Å². The third-order valence-electron chi connectivity index (χ3n) is 0.0500. The number of hydrogen-bond donors (Lipinski definition) is 1. The summed E-state index contributed by atoms with van der Waals surface area (Å²) in [4.78, 5) is 0. The van der Waals surface area contributed by atoms with Crippen molar-refractivity contribution in [2.24, 2.45) is 0 Å². The van der Waals surface area contributed by atoms with E-state index in [1.54, 1.807) is 0 Å². The van der Waals surface area contributed by atoms with E-state index in [-0.39, 0.29) is 35.7 Å². The Morgan fingerprint density at radius 1 is 1.00 bits per heavy atom. The molecule has 0 bridgehead atoms. The zero-order valence-corrected chi connectivity index (χ0v) is 2.60. The summed E-state index contributed by atoms with van der Waals surface area (Å²) in [5.41, 5.74) is 0. The van der Waals surface area contributed by atoms with Gasteiger partial charge in [-0.05, 0) is 0 Å². The summed E-state index contributed by atoms with van der Waals surface area (Å²) in [6.45, 7) is 0. The maximum absolute atomic E-state index is 7.26. The van der Waals surface area contributed by atoms with Crippen LogP contribution in [0.3, 0.4) is 0 Å². The summed E-state index contributed by atoms with van der Waals surface area (Å²) < 4.78 is 0. The minimum absolute atomic E-state index is 0. The van der Waals surface area contributed by atoms with Crippen LogP contribution in [0, 0.1) is 22.7 Å². The molecule has 3 N–H and O–H groups in total. The van der Waals surface area contributed by atoms with Crippen LogP contribution < -0.4 is 6.15 Å². The van der Waals surface area contributed by atoms with E-state index in [9.17, 15) is 0 Å². The first-order valence-electron chi connectivity index (χ1n) is 0.697. The van der Waals surface area contributed by atoms with Gasteiger partial charge >= 0.3 is 29.6 Å². The standard InChI is InChI=1S/C2N2.H3N.Na.H/c3-1-2-4;;;/h;1H3;;. The molecule has 0 aliphatic heterocycles. The Morgan fingerprint density at radius 2 is 1.17 bits per heavy atom. The zero-order chi connectivity index (χ0) is 3.41. The van der Waals surface area contributed by atoms with Gasteiger partial charge in [0.2, 0.25) is 0 Å².